The maximum Gasteiger partial charge on any atom is 0.118 e. The molecule has 0 radical (unpaired) electrons. The summed E-state index contributed by atoms with van der Waals surface area (Å²) in [6.45, 7) is 5.59. The van der Waals surface area contributed by atoms with Crippen molar-refractivity contribution >= 4 is 0 Å². The van der Waals surface area contributed by atoms with Crippen LogP contribution in [0.5, 0.6) is 5.75 Å². The number of hydrogen-bond acceptors (Lipinski definition) is 3. The van der Waals surface area contributed by atoms with Crippen LogP contribution in [-0.4, -0.2) is 31.1 Å². The van der Waals surface area contributed by atoms with Crippen molar-refractivity contribution in [2.75, 3.05) is 20.2 Å². The molecule has 0 saturated carbocycles. The van der Waals surface area contributed by atoms with Crippen LogP contribution in [0.4, 0.5) is 0 Å². The second kappa shape index (κ2) is 6.92. The fourth-order valence-electron chi connectivity index (χ4n) is 2.78. The van der Waals surface area contributed by atoms with E-state index in [9.17, 15) is 0 Å². The Balaban J connectivity index is 1.77. The minimum Gasteiger partial charge on any atom is -0.497 e. The molecule has 2 N–H and O–H groups in total. The number of benzene rings is 1. The molecule has 19 heavy (non-hydrogen) atoms. The quantitative estimate of drug-likeness (QED) is 0.856. The Bertz CT molecular complexity index is 375. The van der Waals surface area contributed by atoms with Gasteiger partial charge in [0, 0.05) is 19.1 Å². The predicted octanol–water partition coefficient (Wildman–Crippen LogP) is 2.64. The molecule has 1 aromatic carbocycles. The van der Waals surface area contributed by atoms with Crippen LogP contribution in [0.3, 0.4) is 0 Å². The maximum atomic E-state index is 5.83. The molecule has 1 aliphatic rings. The molecule has 3 heteroatoms. The zero-order valence-corrected chi connectivity index (χ0v) is 12.1. The molecule has 2 atom stereocenters. The zero-order chi connectivity index (χ0) is 13.7. The van der Waals surface area contributed by atoms with Gasteiger partial charge < -0.3 is 10.5 Å². The highest BCUT2D eigenvalue weighted by Gasteiger charge is 2.22. The predicted molar refractivity (Wildman–Crippen MR) is 79.3 cm³/mol. The highest BCUT2D eigenvalue weighted by atomic mass is 16.5. The molecule has 1 fully saturated rings. The van der Waals surface area contributed by atoms with Gasteiger partial charge in [0.05, 0.1) is 7.11 Å². The highest BCUT2D eigenvalue weighted by Crippen LogP contribution is 2.23. The number of methoxy groups -OCH3 is 1. The van der Waals surface area contributed by atoms with Crippen molar-refractivity contribution in [3.8, 4) is 5.75 Å². The van der Waals surface area contributed by atoms with Crippen molar-refractivity contribution < 1.29 is 4.74 Å². The van der Waals surface area contributed by atoms with Crippen molar-refractivity contribution in [3.63, 3.8) is 0 Å². The molecule has 0 aromatic heterocycles. The first-order valence-electron chi connectivity index (χ1n) is 7.28. The van der Waals surface area contributed by atoms with Gasteiger partial charge in [0.15, 0.2) is 0 Å². The average Bonchev–Trinajstić information content (AvgIpc) is 2.85. The van der Waals surface area contributed by atoms with Crippen LogP contribution in [0.2, 0.25) is 0 Å². The van der Waals surface area contributed by atoms with Crippen molar-refractivity contribution in [2.24, 2.45) is 11.7 Å². The van der Waals surface area contributed by atoms with Crippen LogP contribution >= 0.6 is 0 Å². The fourth-order valence-corrected chi connectivity index (χ4v) is 2.78. The Labute approximate surface area is 116 Å². The molecule has 1 heterocycles. The van der Waals surface area contributed by atoms with Gasteiger partial charge in [-0.3, -0.25) is 4.90 Å². The van der Waals surface area contributed by atoms with E-state index in [1.165, 1.54) is 31.5 Å². The van der Waals surface area contributed by atoms with Gasteiger partial charge in [-0.15, -0.1) is 0 Å². The number of rotatable bonds is 6. The molecule has 2 rings (SSSR count). The van der Waals surface area contributed by atoms with Gasteiger partial charge in [-0.2, -0.15) is 0 Å². The lowest BCUT2D eigenvalue weighted by Gasteiger charge is -2.16. The average molecular weight is 262 g/mol. The third-order valence-electron chi connectivity index (χ3n) is 3.97. The molecule has 0 bridgehead atoms. The largest absolute Gasteiger partial charge is 0.497 e. The van der Waals surface area contributed by atoms with Gasteiger partial charge in [0.25, 0.3) is 0 Å². The summed E-state index contributed by atoms with van der Waals surface area (Å²) in [6, 6.07) is 8.75. The molecule has 2 unspecified atom stereocenters. The molecule has 1 aromatic rings. The van der Waals surface area contributed by atoms with E-state index in [2.05, 4.69) is 24.0 Å². The van der Waals surface area contributed by atoms with E-state index >= 15 is 0 Å². The monoisotopic (exact) mass is 262 g/mol. The second-order valence-corrected chi connectivity index (χ2v) is 5.79. The smallest absolute Gasteiger partial charge is 0.118 e. The lowest BCUT2D eigenvalue weighted by molar-refractivity contribution is 0.310. The zero-order valence-electron chi connectivity index (χ0n) is 12.1. The minimum absolute atomic E-state index is 0.343. The molecular formula is C16H26N2O. The Kier molecular flexibility index (Phi) is 5.23. The van der Waals surface area contributed by atoms with Gasteiger partial charge >= 0.3 is 0 Å². The molecule has 0 aliphatic carbocycles. The number of likely N-dealkylation sites (tertiary alicyclic amines) is 1. The van der Waals surface area contributed by atoms with Gasteiger partial charge in [-0.25, -0.2) is 0 Å². The van der Waals surface area contributed by atoms with E-state index in [0.29, 0.717) is 6.04 Å². The van der Waals surface area contributed by atoms with Crippen LogP contribution in [0.1, 0.15) is 31.7 Å². The van der Waals surface area contributed by atoms with Crippen LogP contribution in [0.15, 0.2) is 24.3 Å². The van der Waals surface area contributed by atoms with Crippen LogP contribution in [0.25, 0.3) is 0 Å². The lowest BCUT2D eigenvalue weighted by atomic mass is 10.0. The molecule has 0 spiro atoms. The summed E-state index contributed by atoms with van der Waals surface area (Å²) in [6.07, 6.45) is 3.75. The lowest BCUT2D eigenvalue weighted by Crippen LogP contribution is -2.21. The van der Waals surface area contributed by atoms with Crippen LogP contribution in [0, 0.1) is 5.92 Å². The summed E-state index contributed by atoms with van der Waals surface area (Å²) < 4.78 is 5.19. The second-order valence-electron chi connectivity index (χ2n) is 5.79. The Morgan fingerprint density at radius 1 is 1.37 bits per heavy atom. The molecule has 106 valence electrons. The normalized spacial score (nSPS) is 21.5. The van der Waals surface area contributed by atoms with Gasteiger partial charge in [-0.05, 0) is 56.3 Å². The first-order chi connectivity index (χ1) is 9.17. The molecule has 3 nitrogen and oxygen atoms in total. The summed E-state index contributed by atoms with van der Waals surface area (Å²) >= 11 is 0. The van der Waals surface area contributed by atoms with Crippen molar-refractivity contribution in [1.29, 1.82) is 0 Å². The third kappa shape index (κ3) is 4.51. The molecule has 1 saturated heterocycles. The maximum absolute atomic E-state index is 5.83. The molecular weight excluding hydrogens is 236 g/mol. The first-order valence-corrected chi connectivity index (χ1v) is 7.28. The van der Waals surface area contributed by atoms with Crippen molar-refractivity contribution in [3.05, 3.63) is 29.8 Å². The van der Waals surface area contributed by atoms with Gasteiger partial charge in [0.1, 0.15) is 5.75 Å². The Hall–Kier alpha value is -1.06. The van der Waals surface area contributed by atoms with Gasteiger partial charge in [0.2, 0.25) is 0 Å². The first kappa shape index (κ1) is 14.4. The molecule has 0 amide bonds. The van der Waals surface area contributed by atoms with Crippen molar-refractivity contribution in [1.82, 2.24) is 4.90 Å². The SMILES string of the molecule is COc1ccc(CN2CCC(CCC(C)N)C2)cc1. The fraction of sp³-hybridized carbons (Fsp3) is 0.625. The van der Waals surface area contributed by atoms with E-state index in [-0.39, 0.29) is 0 Å². The van der Waals surface area contributed by atoms with E-state index in [0.717, 1.165) is 24.6 Å². The topological polar surface area (TPSA) is 38.5 Å². The Morgan fingerprint density at radius 3 is 2.74 bits per heavy atom. The molecule has 1 aliphatic heterocycles. The number of hydrogen-bond donors (Lipinski definition) is 1. The standard InChI is InChI=1S/C16H26N2O/c1-13(17)3-4-15-9-10-18(12-15)11-14-5-7-16(19-2)8-6-14/h5-8,13,15H,3-4,9-12,17H2,1-2H3. The van der Waals surface area contributed by atoms with Gasteiger partial charge in [-0.1, -0.05) is 12.1 Å². The Morgan fingerprint density at radius 2 is 2.11 bits per heavy atom. The number of ether oxygens (including phenoxy) is 1. The van der Waals surface area contributed by atoms with E-state index in [4.69, 9.17) is 10.5 Å². The summed E-state index contributed by atoms with van der Waals surface area (Å²) in [5.74, 6) is 1.77. The minimum atomic E-state index is 0.343. The summed E-state index contributed by atoms with van der Waals surface area (Å²) in [5, 5.41) is 0. The summed E-state index contributed by atoms with van der Waals surface area (Å²) in [5.41, 5.74) is 7.20. The van der Waals surface area contributed by atoms with E-state index in [1.807, 2.05) is 12.1 Å². The van der Waals surface area contributed by atoms with E-state index in [1.54, 1.807) is 7.11 Å². The third-order valence-corrected chi connectivity index (χ3v) is 3.97. The summed E-state index contributed by atoms with van der Waals surface area (Å²) in [4.78, 5) is 2.55. The van der Waals surface area contributed by atoms with Crippen molar-refractivity contribution in [2.45, 2.75) is 38.8 Å². The van der Waals surface area contributed by atoms with Crippen LogP contribution < -0.4 is 10.5 Å². The van der Waals surface area contributed by atoms with E-state index < -0.39 is 0 Å². The highest BCUT2D eigenvalue weighted by molar-refractivity contribution is 5.27. The van der Waals surface area contributed by atoms with Crippen LogP contribution in [-0.2, 0) is 6.54 Å². The number of nitrogens with zero attached hydrogens (tertiary/aromatic N) is 1. The summed E-state index contributed by atoms with van der Waals surface area (Å²) in [7, 11) is 1.71. The number of nitrogens with two attached hydrogens (primary N) is 1.